The summed E-state index contributed by atoms with van der Waals surface area (Å²) in [5.41, 5.74) is 0. The zero-order chi connectivity index (χ0) is 6.69. The molecule has 0 aliphatic carbocycles. The number of hydrogen-bond acceptors (Lipinski definition) is 3. The van der Waals surface area contributed by atoms with Crippen molar-refractivity contribution in [2.75, 3.05) is 18.1 Å². The third kappa shape index (κ3) is 1.85. The fourth-order valence-electron chi connectivity index (χ4n) is 0.980. The highest BCUT2D eigenvalue weighted by Gasteiger charge is 2.21. The lowest BCUT2D eigenvalue weighted by atomic mass is 10.0. The first kappa shape index (κ1) is 7.38. The van der Waals surface area contributed by atoms with Crippen molar-refractivity contribution in [3.05, 3.63) is 0 Å². The highest BCUT2D eigenvalue weighted by Crippen LogP contribution is 2.22. The first-order valence-corrected chi connectivity index (χ1v) is 4.36. The molecule has 0 aromatic rings. The van der Waals surface area contributed by atoms with Gasteiger partial charge in [-0.1, -0.05) is 0 Å². The second-order valence-electron chi connectivity index (χ2n) is 2.37. The van der Waals surface area contributed by atoms with Crippen LogP contribution in [0, 0.1) is 5.92 Å². The second kappa shape index (κ2) is 3.44. The van der Waals surface area contributed by atoms with Gasteiger partial charge >= 0.3 is 0 Å². The Morgan fingerprint density at radius 2 is 2.33 bits per heavy atom. The summed E-state index contributed by atoms with van der Waals surface area (Å²) in [6.45, 7) is 0.141. The van der Waals surface area contributed by atoms with E-state index >= 15 is 0 Å². The van der Waals surface area contributed by atoms with E-state index < -0.39 is 0 Å². The van der Waals surface area contributed by atoms with E-state index in [4.69, 9.17) is 5.11 Å². The minimum Gasteiger partial charge on any atom is -0.396 e. The number of hydrogen-bond donors (Lipinski definition) is 2. The molecule has 0 saturated carbocycles. The fraction of sp³-hybridized carbons (Fsp3) is 1.00. The molecular weight excluding hydrogens is 136 g/mol. The maximum Gasteiger partial charge on any atom is 0.0680 e. The van der Waals surface area contributed by atoms with Crippen molar-refractivity contribution in [1.82, 2.24) is 0 Å². The smallest absolute Gasteiger partial charge is 0.0680 e. The normalized spacial score (nSPS) is 36.7. The molecule has 1 heterocycles. The number of rotatable bonds is 1. The summed E-state index contributed by atoms with van der Waals surface area (Å²) in [5.74, 6) is 2.03. The van der Waals surface area contributed by atoms with Crippen molar-refractivity contribution < 1.29 is 10.2 Å². The summed E-state index contributed by atoms with van der Waals surface area (Å²) in [6, 6.07) is 0. The molecule has 1 aliphatic heterocycles. The number of thioether (sulfide) groups is 1. The van der Waals surface area contributed by atoms with Gasteiger partial charge in [0.15, 0.2) is 0 Å². The third-order valence-electron chi connectivity index (χ3n) is 1.70. The van der Waals surface area contributed by atoms with E-state index in [0.29, 0.717) is 0 Å². The molecule has 9 heavy (non-hydrogen) atoms. The Balaban J connectivity index is 2.30. The van der Waals surface area contributed by atoms with Gasteiger partial charge in [-0.05, 0) is 12.2 Å². The lowest BCUT2D eigenvalue weighted by Crippen LogP contribution is -2.30. The van der Waals surface area contributed by atoms with Crippen LogP contribution in [0.25, 0.3) is 0 Å². The first-order valence-electron chi connectivity index (χ1n) is 3.21. The lowest BCUT2D eigenvalue weighted by Gasteiger charge is -2.24. The lowest BCUT2D eigenvalue weighted by molar-refractivity contribution is 0.0792. The van der Waals surface area contributed by atoms with Crippen LogP contribution in [-0.4, -0.2) is 34.4 Å². The molecule has 0 spiro atoms. The summed E-state index contributed by atoms with van der Waals surface area (Å²) in [6.07, 6.45) is 0.691. The molecule has 0 radical (unpaired) electrons. The SMILES string of the molecule is OC[C@H]1CCSC[C@H]1O. The molecule has 1 rings (SSSR count). The zero-order valence-electron chi connectivity index (χ0n) is 5.29. The van der Waals surface area contributed by atoms with E-state index in [1.54, 1.807) is 11.8 Å². The maximum absolute atomic E-state index is 9.19. The summed E-state index contributed by atoms with van der Waals surface area (Å²) in [5, 5.41) is 17.9. The molecule has 1 aliphatic rings. The molecule has 2 nitrogen and oxygen atoms in total. The summed E-state index contributed by atoms with van der Waals surface area (Å²) >= 11 is 1.76. The molecule has 3 heteroatoms. The van der Waals surface area contributed by atoms with Crippen molar-refractivity contribution in [3.8, 4) is 0 Å². The van der Waals surface area contributed by atoms with E-state index in [-0.39, 0.29) is 18.6 Å². The molecule has 0 bridgehead atoms. The molecule has 0 amide bonds. The Hall–Kier alpha value is 0.270. The minimum absolute atomic E-state index is 0.141. The van der Waals surface area contributed by atoms with Crippen LogP contribution in [0.1, 0.15) is 6.42 Å². The van der Waals surface area contributed by atoms with E-state index in [9.17, 15) is 5.11 Å². The monoisotopic (exact) mass is 148 g/mol. The molecular formula is C6H12O2S. The standard InChI is InChI=1S/C6H12O2S/c7-3-5-1-2-9-4-6(5)8/h5-8H,1-4H2/t5-,6-/m1/s1. The van der Waals surface area contributed by atoms with E-state index in [0.717, 1.165) is 17.9 Å². The highest BCUT2D eigenvalue weighted by molar-refractivity contribution is 7.99. The van der Waals surface area contributed by atoms with Crippen LogP contribution in [0.3, 0.4) is 0 Å². The van der Waals surface area contributed by atoms with Gasteiger partial charge in [-0.3, -0.25) is 0 Å². The first-order chi connectivity index (χ1) is 4.34. The number of aliphatic hydroxyl groups excluding tert-OH is 2. The van der Waals surface area contributed by atoms with Crippen LogP contribution >= 0.6 is 11.8 Å². The van der Waals surface area contributed by atoms with Gasteiger partial charge in [0.05, 0.1) is 6.10 Å². The van der Waals surface area contributed by atoms with Gasteiger partial charge in [0.25, 0.3) is 0 Å². The molecule has 54 valence electrons. The van der Waals surface area contributed by atoms with Crippen molar-refractivity contribution in [1.29, 1.82) is 0 Å². The van der Waals surface area contributed by atoms with E-state index in [2.05, 4.69) is 0 Å². The average Bonchev–Trinajstić information content (AvgIpc) is 1.89. The van der Waals surface area contributed by atoms with Crippen LogP contribution in [0.15, 0.2) is 0 Å². The molecule has 2 atom stereocenters. The Labute approximate surface area is 59.3 Å². The van der Waals surface area contributed by atoms with Crippen molar-refractivity contribution in [3.63, 3.8) is 0 Å². The van der Waals surface area contributed by atoms with Crippen LogP contribution in [0.4, 0.5) is 0 Å². The Morgan fingerprint density at radius 3 is 2.78 bits per heavy atom. The van der Waals surface area contributed by atoms with Gasteiger partial charge in [-0.2, -0.15) is 11.8 Å². The predicted octanol–water partition coefficient (Wildman–Crippen LogP) is 0.0927. The average molecular weight is 148 g/mol. The maximum atomic E-state index is 9.19. The van der Waals surface area contributed by atoms with Gasteiger partial charge in [0, 0.05) is 18.3 Å². The van der Waals surface area contributed by atoms with Crippen LogP contribution in [0.2, 0.25) is 0 Å². The highest BCUT2D eigenvalue weighted by atomic mass is 32.2. The summed E-state index contributed by atoms with van der Waals surface area (Å²) < 4.78 is 0. The quantitative estimate of drug-likeness (QED) is 0.554. The largest absolute Gasteiger partial charge is 0.396 e. The van der Waals surface area contributed by atoms with Gasteiger partial charge in [0.2, 0.25) is 0 Å². The topological polar surface area (TPSA) is 40.5 Å². The van der Waals surface area contributed by atoms with Gasteiger partial charge in [0.1, 0.15) is 0 Å². The van der Waals surface area contributed by atoms with E-state index in [1.165, 1.54) is 0 Å². The Morgan fingerprint density at radius 1 is 1.56 bits per heavy atom. The Kier molecular flexibility index (Phi) is 2.82. The molecule has 0 aromatic heterocycles. The van der Waals surface area contributed by atoms with Crippen LogP contribution in [0.5, 0.6) is 0 Å². The minimum atomic E-state index is -0.270. The van der Waals surface area contributed by atoms with Gasteiger partial charge in [-0.25, -0.2) is 0 Å². The van der Waals surface area contributed by atoms with Gasteiger partial charge in [-0.15, -0.1) is 0 Å². The second-order valence-corrected chi connectivity index (χ2v) is 3.52. The molecule has 0 aromatic carbocycles. The fourth-order valence-corrected chi connectivity index (χ4v) is 2.13. The van der Waals surface area contributed by atoms with Gasteiger partial charge < -0.3 is 10.2 Å². The van der Waals surface area contributed by atoms with Crippen molar-refractivity contribution in [2.45, 2.75) is 12.5 Å². The molecule has 2 N–H and O–H groups in total. The zero-order valence-corrected chi connectivity index (χ0v) is 6.10. The van der Waals surface area contributed by atoms with Crippen LogP contribution in [-0.2, 0) is 0 Å². The summed E-state index contributed by atoms with van der Waals surface area (Å²) in [4.78, 5) is 0. The predicted molar refractivity (Wildman–Crippen MR) is 38.5 cm³/mol. The molecule has 1 fully saturated rings. The Bertz CT molecular complexity index is 87.1. The third-order valence-corrected chi connectivity index (χ3v) is 2.80. The van der Waals surface area contributed by atoms with Crippen LogP contribution < -0.4 is 0 Å². The van der Waals surface area contributed by atoms with E-state index in [1.807, 2.05) is 0 Å². The van der Waals surface area contributed by atoms with Crippen molar-refractivity contribution in [2.24, 2.45) is 5.92 Å². The molecule has 1 saturated heterocycles. The van der Waals surface area contributed by atoms with Crippen molar-refractivity contribution >= 4 is 11.8 Å². The molecule has 0 unspecified atom stereocenters. The number of aliphatic hydroxyl groups is 2. The summed E-state index contributed by atoms with van der Waals surface area (Å²) in [7, 11) is 0.